The monoisotopic (exact) mass is 379 g/mol. The molecule has 0 bridgehead atoms. The first-order chi connectivity index (χ1) is 13.8. The zero-order valence-electron chi connectivity index (χ0n) is 15.3. The molecule has 4 rings (SSSR count). The Balaban J connectivity index is 1.47. The number of nitrogens with one attached hydrogen (secondary N) is 2. The van der Waals surface area contributed by atoms with E-state index in [2.05, 4.69) is 31.6 Å². The Morgan fingerprint density at radius 2 is 1.96 bits per heavy atom. The molecule has 2 N–H and O–H groups in total. The van der Waals surface area contributed by atoms with Gasteiger partial charge in [-0.2, -0.15) is 0 Å². The molecule has 0 radical (unpaired) electrons. The second-order valence-electron chi connectivity index (χ2n) is 6.29. The average molecular weight is 379 g/mol. The Morgan fingerprint density at radius 3 is 2.79 bits per heavy atom. The standard InChI is InChI=1S/C20H21N5O3/c26-20(21-13-15-4-3-9-28-15)17-12-19(23-14-22-17)24-16-5-1-2-6-18(16)25-7-10-27-11-8-25/h1-6,9,12,14H,7-8,10-11,13H2,(H,21,26)(H,22,23,24). The second-order valence-corrected chi connectivity index (χ2v) is 6.29. The number of rotatable bonds is 6. The van der Waals surface area contributed by atoms with Crippen LogP contribution in [0, 0.1) is 0 Å². The maximum Gasteiger partial charge on any atom is 0.270 e. The number of carbonyl (C=O) groups excluding carboxylic acids is 1. The van der Waals surface area contributed by atoms with E-state index in [9.17, 15) is 4.79 Å². The molecule has 28 heavy (non-hydrogen) atoms. The molecule has 1 aliphatic heterocycles. The Kier molecular flexibility index (Phi) is 5.48. The Bertz CT molecular complexity index is 923. The van der Waals surface area contributed by atoms with Crippen molar-refractivity contribution in [1.82, 2.24) is 15.3 Å². The summed E-state index contributed by atoms with van der Waals surface area (Å²) in [5.41, 5.74) is 2.28. The van der Waals surface area contributed by atoms with Crippen molar-refractivity contribution in [3.63, 3.8) is 0 Å². The summed E-state index contributed by atoms with van der Waals surface area (Å²) in [6.45, 7) is 3.40. The van der Waals surface area contributed by atoms with Crippen molar-refractivity contribution in [1.29, 1.82) is 0 Å². The normalized spacial score (nSPS) is 13.9. The number of aromatic nitrogens is 2. The minimum Gasteiger partial charge on any atom is -0.467 e. The van der Waals surface area contributed by atoms with Gasteiger partial charge < -0.3 is 24.7 Å². The molecule has 0 atom stereocenters. The van der Waals surface area contributed by atoms with Crippen molar-refractivity contribution < 1.29 is 13.9 Å². The van der Waals surface area contributed by atoms with Crippen LogP contribution < -0.4 is 15.5 Å². The lowest BCUT2D eigenvalue weighted by molar-refractivity contribution is 0.0943. The fourth-order valence-electron chi connectivity index (χ4n) is 3.02. The first-order valence-corrected chi connectivity index (χ1v) is 9.11. The molecule has 1 aliphatic rings. The third-order valence-corrected chi connectivity index (χ3v) is 4.42. The van der Waals surface area contributed by atoms with Crippen molar-refractivity contribution in [2.75, 3.05) is 36.5 Å². The summed E-state index contributed by atoms with van der Waals surface area (Å²) in [5.74, 6) is 0.947. The van der Waals surface area contributed by atoms with E-state index >= 15 is 0 Å². The highest BCUT2D eigenvalue weighted by molar-refractivity contribution is 5.93. The molecule has 3 aromatic rings. The molecular weight excluding hydrogens is 358 g/mol. The predicted molar refractivity (Wildman–Crippen MR) is 105 cm³/mol. The van der Waals surface area contributed by atoms with Crippen molar-refractivity contribution in [2.45, 2.75) is 6.54 Å². The van der Waals surface area contributed by atoms with Gasteiger partial charge in [-0.3, -0.25) is 4.79 Å². The van der Waals surface area contributed by atoms with Gasteiger partial charge in [0.05, 0.1) is 37.4 Å². The highest BCUT2D eigenvalue weighted by Gasteiger charge is 2.15. The smallest absolute Gasteiger partial charge is 0.270 e. The third-order valence-electron chi connectivity index (χ3n) is 4.42. The summed E-state index contributed by atoms with van der Waals surface area (Å²) in [7, 11) is 0. The van der Waals surface area contributed by atoms with E-state index < -0.39 is 0 Å². The minimum absolute atomic E-state index is 0.285. The predicted octanol–water partition coefficient (Wildman–Crippen LogP) is 2.58. The second kappa shape index (κ2) is 8.53. The lowest BCUT2D eigenvalue weighted by Gasteiger charge is -2.30. The van der Waals surface area contributed by atoms with Crippen molar-refractivity contribution in [3.05, 3.63) is 66.5 Å². The first kappa shape index (κ1) is 18.0. The van der Waals surface area contributed by atoms with Gasteiger partial charge in [0.2, 0.25) is 0 Å². The lowest BCUT2D eigenvalue weighted by Crippen LogP contribution is -2.36. The summed E-state index contributed by atoms with van der Waals surface area (Å²) >= 11 is 0. The van der Waals surface area contributed by atoms with E-state index in [1.807, 2.05) is 18.2 Å². The van der Waals surface area contributed by atoms with Gasteiger partial charge in [0, 0.05) is 19.2 Å². The molecule has 0 unspecified atom stereocenters. The van der Waals surface area contributed by atoms with Crippen LogP contribution in [-0.4, -0.2) is 42.2 Å². The van der Waals surface area contributed by atoms with Crippen LogP contribution >= 0.6 is 0 Å². The molecule has 2 aromatic heterocycles. The molecule has 1 fully saturated rings. The molecule has 1 aromatic carbocycles. The number of morpholine rings is 1. The van der Waals surface area contributed by atoms with Crippen LogP contribution in [0.1, 0.15) is 16.2 Å². The Hall–Kier alpha value is -3.39. The molecule has 8 heteroatoms. The third kappa shape index (κ3) is 4.29. The van der Waals surface area contributed by atoms with Crippen LogP contribution in [-0.2, 0) is 11.3 Å². The molecule has 1 amide bonds. The topological polar surface area (TPSA) is 92.5 Å². The van der Waals surface area contributed by atoms with Gasteiger partial charge in [0.15, 0.2) is 0 Å². The molecular formula is C20H21N5O3. The fourth-order valence-corrected chi connectivity index (χ4v) is 3.02. The number of carbonyl (C=O) groups is 1. The van der Waals surface area contributed by atoms with Crippen LogP contribution in [0.25, 0.3) is 0 Å². The number of nitrogens with zero attached hydrogens (tertiary/aromatic N) is 3. The molecule has 1 saturated heterocycles. The Morgan fingerprint density at radius 1 is 1.11 bits per heavy atom. The number of benzene rings is 1. The van der Waals surface area contributed by atoms with Gasteiger partial charge in [-0.25, -0.2) is 9.97 Å². The largest absolute Gasteiger partial charge is 0.467 e. The summed E-state index contributed by atoms with van der Waals surface area (Å²) in [6, 6.07) is 13.2. The van der Waals surface area contributed by atoms with E-state index in [1.54, 1.807) is 24.5 Å². The summed E-state index contributed by atoms with van der Waals surface area (Å²) in [4.78, 5) is 23.0. The van der Waals surface area contributed by atoms with Gasteiger partial charge in [0.1, 0.15) is 23.6 Å². The van der Waals surface area contributed by atoms with Crippen LogP contribution in [0.2, 0.25) is 0 Å². The molecule has 0 saturated carbocycles. The molecule has 3 heterocycles. The minimum atomic E-state index is -0.289. The van der Waals surface area contributed by atoms with Crippen LogP contribution in [0.15, 0.2) is 59.5 Å². The number of ether oxygens (including phenoxy) is 1. The van der Waals surface area contributed by atoms with Gasteiger partial charge >= 0.3 is 0 Å². The lowest BCUT2D eigenvalue weighted by atomic mass is 10.2. The maximum atomic E-state index is 12.4. The molecule has 0 spiro atoms. The van der Waals surface area contributed by atoms with E-state index in [0.29, 0.717) is 31.3 Å². The van der Waals surface area contributed by atoms with Crippen molar-refractivity contribution in [3.8, 4) is 0 Å². The number of amides is 1. The summed E-state index contributed by atoms with van der Waals surface area (Å²) < 4.78 is 10.7. The van der Waals surface area contributed by atoms with Gasteiger partial charge in [0.25, 0.3) is 5.91 Å². The van der Waals surface area contributed by atoms with E-state index in [4.69, 9.17) is 9.15 Å². The molecule has 0 aliphatic carbocycles. The van der Waals surface area contributed by atoms with Gasteiger partial charge in [-0.1, -0.05) is 12.1 Å². The van der Waals surface area contributed by atoms with Crippen molar-refractivity contribution in [2.24, 2.45) is 0 Å². The fraction of sp³-hybridized carbons (Fsp3) is 0.250. The summed E-state index contributed by atoms with van der Waals surface area (Å²) in [6.07, 6.45) is 2.95. The van der Waals surface area contributed by atoms with Crippen molar-refractivity contribution >= 4 is 23.1 Å². The summed E-state index contributed by atoms with van der Waals surface area (Å²) in [5, 5.41) is 6.09. The highest BCUT2D eigenvalue weighted by atomic mass is 16.5. The number of hydrogen-bond donors (Lipinski definition) is 2. The zero-order chi connectivity index (χ0) is 19.2. The van der Waals surface area contributed by atoms with E-state index in [1.165, 1.54) is 6.33 Å². The number of para-hydroxylation sites is 2. The highest BCUT2D eigenvalue weighted by Crippen LogP contribution is 2.28. The molecule has 144 valence electrons. The maximum absolute atomic E-state index is 12.4. The van der Waals surface area contributed by atoms with Crippen LogP contribution in [0.5, 0.6) is 0 Å². The SMILES string of the molecule is O=C(NCc1ccco1)c1cc(Nc2ccccc2N2CCOCC2)ncn1. The Labute approximate surface area is 162 Å². The van der Waals surface area contributed by atoms with Crippen LogP contribution in [0.3, 0.4) is 0 Å². The van der Waals surface area contributed by atoms with E-state index in [0.717, 1.165) is 24.5 Å². The van der Waals surface area contributed by atoms with E-state index in [-0.39, 0.29) is 11.6 Å². The van der Waals surface area contributed by atoms with Gasteiger partial charge in [-0.15, -0.1) is 0 Å². The average Bonchev–Trinajstić information content (AvgIpc) is 3.27. The van der Waals surface area contributed by atoms with Crippen LogP contribution in [0.4, 0.5) is 17.2 Å². The number of furan rings is 1. The molecule has 8 nitrogen and oxygen atoms in total. The van der Waals surface area contributed by atoms with Gasteiger partial charge in [-0.05, 0) is 24.3 Å². The zero-order valence-corrected chi connectivity index (χ0v) is 15.3. The number of anilines is 3. The first-order valence-electron chi connectivity index (χ1n) is 9.11. The quantitative estimate of drug-likeness (QED) is 0.680. The number of hydrogen-bond acceptors (Lipinski definition) is 7.